The van der Waals surface area contributed by atoms with Crippen LogP contribution in [0.3, 0.4) is 0 Å². The van der Waals surface area contributed by atoms with Gasteiger partial charge in [-0.2, -0.15) is 0 Å². The molecule has 116 valence electrons. The van der Waals surface area contributed by atoms with Gasteiger partial charge in [0.15, 0.2) is 0 Å². The molecule has 2 aromatic rings. The highest BCUT2D eigenvalue weighted by Gasteiger charge is 2.08. The molecule has 0 bridgehead atoms. The molecule has 0 aliphatic heterocycles. The number of aryl methyl sites for hydroxylation is 1. The third-order valence-corrected chi connectivity index (χ3v) is 3.11. The summed E-state index contributed by atoms with van der Waals surface area (Å²) in [5.74, 6) is -0.403. The molecule has 4 nitrogen and oxygen atoms in total. The molecular formula is C17H19FN2O2. The van der Waals surface area contributed by atoms with Gasteiger partial charge in [-0.1, -0.05) is 30.3 Å². The molecule has 0 aliphatic rings. The number of rotatable bonds is 5. The van der Waals surface area contributed by atoms with Crippen LogP contribution in [-0.2, 0) is 6.42 Å². The van der Waals surface area contributed by atoms with E-state index >= 15 is 0 Å². The zero-order chi connectivity index (χ0) is 15.9. The van der Waals surface area contributed by atoms with Gasteiger partial charge >= 0.3 is 6.03 Å². The topological polar surface area (TPSA) is 61.4 Å². The molecule has 0 heterocycles. The van der Waals surface area contributed by atoms with Crippen molar-refractivity contribution in [3.8, 4) is 0 Å². The minimum absolute atomic E-state index is 0.120. The number of halogens is 1. The van der Waals surface area contributed by atoms with Crippen molar-refractivity contribution >= 4 is 11.7 Å². The van der Waals surface area contributed by atoms with Crippen LogP contribution >= 0.6 is 0 Å². The number of carbonyl (C=O) groups is 1. The molecule has 0 radical (unpaired) electrons. The van der Waals surface area contributed by atoms with Crippen molar-refractivity contribution in [2.75, 3.05) is 11.9 Å². The Balaban J connectivity index is 1.80. The first-order chi connectivity index (χ1) is 10.5. The number of nitrogens with one attached hydrogen (secondary N) is 2. The Hall–Kier alpha value is -2.40. The van der Waals surface area contributed by atoms with Crippen LogP contribution in [0.5, 0.6) is 0 Å². The minimum atomic E-state index is -0.678. The van der Waals surface area contributed by atoms with E-state index in [-0.39, 0.29) is 6.54 Å². The first-order valence-electron chi connectivity index (χ1n) is 7.07. The van der Waals surface area contributed by atoms with E-state index in [4.69, 9.17) is 0 Å². The summed E-state index contributed by atoms with van der Waals surface area (Å²) in [6, 6.07) is 13.4. The lowest BCUT2D eigenvalue weighted by atomic mass is 10.1. The van der Waals surface area contributed by atoms with E-state index < -0.39 is 18.0 Å². The Labute approximate surface area is 129 Å². The maximum Gasteiger partial charge on any atom is 0.319 e. The van der Waals surface area contributed by atoms with Gasteiger partial charge in [0.25, 0.3) is 0 Å². The van der Waals surface area contributed by atoms with Gasteiger partial charge in [0.1, 0.15) is 5.82 Å². The quantitative estimate of drug-likeness (QED) is 0.795. The second-order valence-corrected chi connectivity index (χ2v) is 5.20. The summed E-state index contributed by atoms with van der Waals surface area (Å²) in [5.41, 5.74) is 2.10. The molecule has 1 atom stereocenters. The standard InChI is InChI=1S/C17H19FN2O2/c1-12-7-14(18)10-15(8-12)20-17(22)19-11-16(21)9-13-5-3-2-4-6-13/h2-8,10,16,21H,9,11H2,1H3,(H2,19,20,22). The summed E-state index contributed by atoms with van der Waals surface area (Å²) in [7, 11) is 0. The third kappa shape index (κ3) is 5.18. The first-order valence-corrected chi connectivity index (χ1v) is 7.07. The number of carbonyl (C=O) groups excluding carboxylic acids is 1. The molecule has 2 aromatic carbocycles. The summed E-state index contributed by atoms with van der Waals surface area (Å²) in [5, 5.41) is 15.0. The van der Waals surface area contributed by atoms with Gasteiger partial charge in [0.2, 0.25) is 0 Å². The molecule has 1 unspecified atom stereocenters. The van der Waals surface area contributed by atoms with Gasteiger partial charge in [-0.05, 0) is 36.2 Å². The number of anilines is 1. The van der Waals surface area contributed by atoms with Gasteiger partial charge in [-0.3, -0.25) is 0 Å². The number of hydrogen-bond acceptors (Lipinski definition) is 2. The Morgan fingerprint density at radius 1 is 1.23 bits per heavy atom. The van der Waals surface area contributed by atoms with Crippen molar-refractivity contribution in [1.29, 1.82) is 0 Å². The Bertz CT molecular complexity index is 612. The smallest absolute Gasteiger partial charge is 0.319 e. The van der Waals surface area contributed by atoms with Gasteiger partial charge in [-0.25, -0.2) is 9.18 Å². The molecule has 0 saturated heterocycles. The molecule has 0 fully saturated rings. The van der Waals surface area contributed by atoms with Crippen molar-refractivity contribution in [2.45, 2.75) is 19.4 Å². The molecule has 5 heteroatoms. The Morgan fingerprint density at radius 3 is 2.64 bits per heavy atom. The van der Waals surface area contributed by atoms with E-state index in [0.29, 0.717) is 12.1 Å². The second kappa shape index (κ2) is 7.56. The van der Waals surface area contributed by atoms with Crippen LogP contribution in [0, 0.1) is 12.7 Å². The molecular weight excluding hydrogens is 283 g/mol. The predicted molar refractivity (Wildman–Crippen MR) is 84.3 cm³/mol. The molecule has 3 N–H and O–H groups in total. The largest absolute Gasteiger partial charge is 0.391 e. The fourth-order valence-electron chi connectivity index (χ4n) is 2.15. The number of aliphatic hydroxyl groups is 1. The fraction of sp³-hybridized carbons (Fsp3) is 0.235. The van der Waals surface area contributed by atoms with Crippen LogP contribution in [-0.4, -0.2) is 23.8 Å². The number of aliphatic hydroxyl groups excluding tert-OH is 1. The van der Waals surface area contributed by atoms with Gasteiger partial charge in [0, 0.05) is 18.7 Å². The van der Waals surface area contributed by atoms with Crippen LogP contribution in [0.1, 0.15) is 11.1 Å². The number of amides is 2. The van der Waals surface area contributed by atoms with E-state index in [0.717, 1.165) is 11.1 Å². The Morgan fingerprint density at radius 2 is 1.95 bits per heavy atom. The maximum absolute atomic E-state index is 13.2. The lowest BCUT2D eigenvalue weighted by molar-refractivity contribution is 0.172. The predicted octanol–water partition coefficient (Wildman–Crippen LogP) is 2.86. The van der Waals surface area contributed by atoms with Crippen molar-refractivity contribution in [3.63, 3.8) is 0 Å². The number of urea groups is 1. The van der Waals surface area contributed by atoms with Crippen molar-refractivity contribution in [2.24, 2.45) is 0 Å². The van der Waals surface area contributed by atoms with E-state index in [9.17, 15) is 14.3 Å². The van der Waals surface area contributed by atoms with E-state index in [1.807, 2.05) is 30.3 Å². The molecule has 0 saturated carbocycles. The number of hydrogen-bond donors (Lipinski definition) is 3. The first kappa shape index (κ1) is 16.0. The van der Waals surface area contributed by atoms with E-state index in [2.05, 4.69) is 10.6 Å². The summed E-state index contributed by atoms with van der Waals surface area (Å²) in [4.78, 5) is 11.7. The van der Waals surface area contributed by atoms with Crippen molar-refractivity contribution in [3.05, 3.63) is 65.5 Å². The SMILES string of the molecule is Cc1cc(F)cc(NC(=O)NCC(O)Cc2ccccc2)c1. The van der Waals surface area contributed by atoms with Gasteiger partial charge in [-0.15, -0.1) is 0 Å². The molecule has 0 aromatic heterocycles. The zero-order valence-corrected chi connectivity index (χ0v) is 12.3. The normalized spacial score (nSPS) is 11.8. The highest BCUT2D eigenvalue weighted by atomic mass is 19.1. The molecule has 0 aliphatic carbocycles. The molecule has 2 amide bonds. The Kier molecular flexibility index (Phi) is 5.49. The summed E-state index contributed by atoms with van der Waals surface area (Å²) in [6.07, 6.45) is -0.220. The van der Waals surface area contributed by atoms with Crippen molar-refractivity contribution in [1.82, 2.24) is 5.32 Å². The van der Waals surface area contributed by atoms with Gasteiger partial charge < -0.3 is 15.7 Å². The van der Waals surface area contributed by atoms with Crippen LogP contribution in [0.2, 0.25) is 0 Å². The van der Waals surface area contributed by atoms with Crippen molar-refractivity contribution < 1.29 is 14.3 Å². The fourth-order valence-corrected chi connectivity index (χ4v) is 2.15. The molecule has 22 heavy (non-hydrogen) atoms. The van der Waals surface area contributed by atoms with Crippen LogP contribution in [0.15, 0.2) is 48.5 Å². The summed E-state index contributed by atoms with van der Waals surface area (Å²) in [6.45, 7) is 1.87. The minimum Gasteiger partial charge on any atom is -0.391 e. The monoisotopic (exact) mass is 302 g/mol. The average Bonchev–Trinajstić information content (AvgIpc) is 2.45. The van der Waals surface area contributed by atoms with E-state index in [1.54, 1.807) is 13.0 Å². The van der Waals surface area contributed by atoms with Crippen LogP contribution in [0.25, 0.3) is 0 Å². The van der Waals surface area contributed by atoms with Crippen LogP contribution < -0.4 is 10.6 Å². The molecule has 2 rings (SSSR count). The summed E-state index contributed by atoms with van der Waals surface area (Å²) < 4.78 is 13.2. The maximum atomic E-state index is 13.2. The van der Waals surface area contributed by atoms with Crippen LogP contribution in [0.4, 0.5) is 14.9 Å². The second-order valence-electron chi connectivity index (χ2n) is 5.20. The highest BCUT2D eigenvalue weighted by Crippen LogP contribution is 2.13. The highest BCUT2D eigenvalue weighted by molar-refractivity contribution is 5.89. The third-order valence-electron chi connectivity index (χ3n) is 3.11. The van der Waals surface area contributed by atoms with E-state index in [1.165, 1.54) is 12.1 Å². The molecule has 0 spiro atoms. The number of benzene rings is 2. The van der Waals surface area contributed by atoms with Gasteiger partial charge in [0.05, 0.1) is 6.10 Å². The summed E-state index contributed by atoms with van der Waals surface area (Å²) >= 11 is 0. The zero-order valence-electron chi connectivity index (χ0n) is 12.3. The lowest BCUT2D eigenvalue weighted by Gasteiger charge is -2.13. The lowest BCUT2D eigenvalue weighted by Crippen LogP contribution is -2.36. The average molecular weight is 302 g/mol.